The van der Waals surface area contributed by atoms with E-state index in [9.17, 15) is 48.3 Å². The second-order valence-corrected chi connectivity index (χ2v) is 19.2. The van der Waals surface area contributed by atoms with Gasteiger partial charge in [-0.3, -0.25) is 14.5 Å². The van der Waals surface area contributed by atoms with Crippen LogP contribution in [0.15, 0.2) is 0 Å². The standard InChI is InChI=1S/C43H77F3N2O14/c1-15-29-42(12,55)35(51)24(6)33(57-19-30(49)47-20-43(44,45)46)22(4)17-40(10,54)37(62-39-32(50)28(16-23(5)58-39)48(13)21(2)3)25(7)34(26(8)38(53)60-29)61-31-18-41(11,56-14)36(52)27(9)59-31/h21-29,31-37,39,50-52,54-55H,15-20H2,1-14H3,(H,47,49)/t22-,23-,24+,25+,26-,27+,28+,29-,31+,32-,33+,34+,35-,36+,37-,39+,40-,41-,42-/m1/s1. The number of nitrogens with zero attached hydrogens (tertiary/aromatic N) is 1. The van der Waals surface area contributed by atoms with Gasteiger partial charge >= 0.3 is 12.1 Å². The van der Waals surface area contributed by atoms with Crippen LogP contribution in [0.25, 0.3) is 0 Å². The number of cyclic esters (lactones) is 1. The molecule has 0 aromatic rings. The average molecular weight is 903 g/mol. The van der Waals surface area contributed by atoms with Crippen molar-refractivity contribution >= 4 is 11.9 Å². The Morgan fingerprint density at radius 2 is 1.56 bits per heavy atom. The van der Waals surface area contributed by atoms with E-state index >= 15 is 0 Å². The molecule has 0 aliphatic carbocycles. The first-order valence-corrected chi connectivity index (χ1v) is 22.0. The minimum atomic E-state index is -4.69. The molecule has 0 bridgehead atoms. The maximum absolute atomic E-state index is 14.4. The summed E-state index contributed by atoms with van der Waals surface area (Å²) in [5, 5.41) is 61.2. The molecule has 1 amide bonds. The van der Waals surface area contributed by atoms with Gasteiger partial charge in [0.2, 0.25) is 5.91 Å². The van der Waals surface area contributed by atoms with Crippen molar-refractivity contribution in [2.75, 3.05) is 27.3 Å². The largest absolute Gasteiger partial charge is 0.459 e. The highest BCUT2D eigenvalue weighted by Crippen LogP contribution is 2.42. The predicted molar refractivity (Wildman–Crippen MR) is 219 cm³/mol. The van der Waals surface area contributed by atoms with E-state index in [4.69, 9.17) is 33.2 Å². The fourth-order valence-corrected chi connectivity index (χ4v) is 9.59. The number of amides is 1. The van der Waals surface area contributed by atoms with Crippen LogP contribution >= 0.6 is 0 Å². The van der Waals surface area contributed by atoms with E-state index in [1.165, 1.54) is 27.9 Å². The fourth-order valence-electron chi connectivity index (χ4n) is 9.59. The van der Waals surface area contributed by atoms with Crippen molar-refractivity contribution in [2.24, 2.45) is 23.7 Å². The normalized spacial score (nSPS) is 44.5. The molecule has 0 radical (unpaired) electrons. The monoisotopic (exact) mass is 903 g/mol. The van der Waals surface area contributed by atoms with Crippen LogP contribution in [-0.2, 0) is 42.7 Å². The van der Waals surface area contributed by atoms with Crippen LogP contribution in [0, 0.1) is 23.7 Å². The summed E-state index contributed by atoms with van der Waals surface area (Å²) >= 11 is 0. The molecule has 62 heavy (non-hydrogen) atoms. The molecular weight excluding hydrogens is 825 g/mol. The summed E-state index contributed by atoms with van der Waals surface area (Å²) in [7, 11) is 3.33. The summed E-state index contributed by atoms with van der Waals surface area (Å²) in [5.74, 6) is -5.94. The number of methoxy groups -OCH3 is 1. The minimum absolute atomic E-state index is 0.0239. The van der Waals surface area contributed by atoms with Gasteiger partial charge in [-0.25, -0.2) is 0 Å². The summed E-state index contributed by atoms with van der Waals surface area (Å²) in [6, 6.07) is -0.380. The molecule has 19 atom stereocenters. The second-order valence-electron chi connectivity index (χ2n) is 19.2. The lowest BCUT2D eigenvalue weighted by molar-refractivity contribution is -0.319. The summed E-state index contributed by atoms with van der Waals surface area (Å²) < 4.78 is 82.4. The Morgan fingerprint density at radius 1 is 0.952 bits per heavy atom. The zero-order valence-corrected chi connectivity index (χ0v) is 39.0. The molecule has 364 valence electrons. The van der Waals surface area contributed by atoms with Crippen molar-refractivity contribution in [3.63, 3.8) is 0 Å². The summed E-state index contributed by atoms with van der Waals surface area (Å²) in [4.78, 5) is 29.0. The van der Waals surface area contributed by atoms with Crippen LogP contribution in [-0.4, -0.2) is 172 Å². The lowest BCUT2D eigenvalue weighted by atomic mass is 9.73. The summed E-state index contributed by atoms with van der Waals surface area (Å²) in [5.41, 5.74) is -5.19. The third kappa shape index (κ3) is 13.2. The highest BCUT2D eigenvalue weighted by Gasteiger charge is 2.54. The lowest BCUT2D eigenvalue weighted by Crippen LogP contribution is -2.62. The number of esters is 1. The van der Waals surface area contributed by atoms with Crippen LogP contribution in [0.2, 0.25) is 0 Å². The molecule has 0 aromatic carbocycles. The molecule has 19 heteroatoms. The highest BCUT2D eigenvalue weighted by atomic mass is 19.4. The Balaban J connectivity index is 2.23. The number of carbonyl (C=O) groups is 2. The number of alkyl halides is 3. The van der Waals surface area contributed by atoms with Gasteiger partial charge in [-0.05, 0) is 87.6 Å². The van der Waals surface area contributed by atoms with E-state index in [2.05, 4.69) is 0 Å². The average Bonchev–Trinajstić information content (AvgIpc) is 3.17. The van der Waals surface area contributed by atoms with Gasteiger partial charge in [0, 0.05) is 37.5 Å². The van der Waals surface area contributed by atoms with Crippen molar-refractivity contribution in [3.05, 3.63) is 0 Å². The van der Waals surface area contributed by atoms with E-state index < -0.39 is 145 Å². The maximum atomic E-state index is 14.4. The smallest absolute Gasteiger partial charge is 0.405 e. The van der Waals surface area contributed by atoms with E-state index in [0.29, 0.717) is 6.42 Å². The van der Waals surface area contributed by atoms with Crippen molar-refractivity contribution < 1.29 is 81.5 Å². The zero-order chi connectivity index (χ0) is 47.4. The molecule has 0 aromatic heterocycles. The van der Waals surface area contributed by atoms with Crippen LogP contribution < -0.4 is 5.32 Å². The molecule has 0 saturated carbocycles. The Kier molecular flexibility index (Phi) is 19.1. The molecule has 3 aliphatic heterocycles. The van der Waals surface area contributed by atoms with Crippen LogP contribution in [0.5, 0.6) is 0 Å². The maximum Gasteiger partial charge on any atom is 0.405 e. The number of likely N-dealkylation sites (N-methyl/N-ethyl adjacent to an activating group) is 1. The first kappa shape index (κ1) is 54.6. The predicted octanol–water partition coefficient (Wildman–Crippen LogP) is 3.06. The number of aliphatic hydroxyl groups is 5. The third-order valence-corrected chi connectivity index (χ3v) is 13.6. The Hall–Kier alpha value is -1.75. The van der Waals surface area contributed by atoms with Gasteiger partial charge in [-0.15, -0.1) is 0 Å². The molecule has 3 fully saturated rings. The number of hydrogen-bond donors (Lipinski definition) is 6. The van der Waals surface area contributed by atoms with Gasteiger partial charge < -0.3 is 64.0 Å². The molecular formula is C43H77F3N2O14. The Bertz CT molecular complexity index is 1440. The van der Waals surface area contributed by atoms with Gasteiger partial charge in [0.25, 0.3) is 0 Å². The zero-order valence-electron chi connectivity index (χ0n) is 39.0. The van der Waals surface area contributed by atoms with Gasteiger partial charge in [0.1, 0.15) is 37.1 Å². The van der Waals surface area contributed by atoms with Crippen LogP contribution in [0.4, 0.5) is 13.2 Å². The third-order valence-electron chi connectivity index (χ3n) is 13.6. The topological polar surface area (TPSA) is 215 Å². The highest BCUT2D eigenvalue weighted by molar-refractivity contribution is 5.77. The number of hydrogen-bond acceptors (Lipinski definition) is 15. The molecule has 16 nitrogen and oxygen atoms in total. The molecule has 3 heterocycles. The SMILES string of the molecule is CC[C@H]1OC(=O)[C@H](C)[C@@H](O[C@H]2C[C@@](C)(OC)[C@@H](O)[C@H](C)O2)[C@H](C)[C@@H](O[C@@H]2O[C@H](C)C[C@H](N(C)C(C)C)[C@H]2O)[C@](C)(O)C[C@@H](C)[C@H](OCC(=O)NCC(F)(F)F)[C@H](C)[C@@H](O)[C@]1(C)O. The number of nitrogens with one attached hydrogen (secondary N) is 1. The second kappa shape index (κ2) is 21.7. The molecule has 3 aliphatic rings. The fraction of sp³-hybridized carbons (Fsp3) is 0.953. The van der Waals surface area contributed by atoms with Crippen molar-refractivity contribution in [2.45, 2.75) is 211 Å². The van der Waals surface area contributed by atoms with E-state index in [1.807, 2.05) is 32.7 Å². The number of aliphatic hydroxyl groups excluding tert-OH is 3. The van der Waals surface area contributed by atoms with Gasteiger partial charge in [-0.1, -0.05) is 27.7 Å². The number of rotatable bonds is 12. The molecule has 0 unspecified atom stereocenters. The van der Waals surface area contributed by atoms with Crippen molar-refractivity contribution in [3.8, 4) is 0 Å². The quantitative estimate of drug-likeness (QED) is 0.155. The van der Waals surface area contributed by atoms with Crippen LogP contribution in [0.3, 0.4) is 0 Å². The molecule has 6 N–H and O–H groups in total. The summed E-state index contributed by atoms with van der Waals surface area (Å²) in [6.07, 6.45) is -16.9. The molecule has 0 spiro atoms. The van der Waals surface area contributed by atoms with Gasteiger partial charge in [0.15, 0.2) is 12.6 Å². The molecule has 3 rings (SSSR count). The minimum Gasteiger partial charge on any atom is -0.459 e. The van der Waals surface area contributed by atoms with Crippen molar-refractivity contribution in [1.29, 1.82) is 0 Å². The number of ether oxygens (including phenoxy) is 7. The Labute approximate surface area is 365 Å². The first-order valence-electron chi connectivity index (χ1n) is 22.0. The Morgan fingerprint density at radius 3 is 2.11 bits per heavy atom. The summed E-state index contributed by atoms with van der Waals surface area (Å²) in [6.45, 7) is 17.5. The van der Waals surface area contributed by atoms with E-state index in [0.717, 1.165) is 0 Å². The number of carbonyl (C=O) groups excluding carboxylic acids is 2. The number of halogens is 3. The van der Waals surface area contributed by atoms with Crippen molar-refractivity contribution in [1.82, 2.24) is 10.2 Å². The van der Waals surface area contributed by atoms with Gasteiger partial charge in [-0.2, -0.15) is 13.2 Å². The van der Waals surface area contributed by atoms with Crippen LogP contribution in [0.1, 0.15) is 109 Å². The van der Waals surface area contributed by atoms with E-state index in [-0.39, 0.29) is 25.3 Å². The van der Waals surface area contributed by atoms with E-state index in [1.54, 1.807) is 46.9 Å². The molecule has 3 saturated heterocycles. The first-order chi connectivity index (χ1) is 28.4. The van der Waals surface area contributed by atoms with Gasteiger partial charge in [0.05, 0.1) is 53.7 Å². The lowest BCUT2D eigenvalue weighted by Gasteiger charge is -2.50.